The zero-order valence-electron chi connectivity index (χ0n) is 18.2. The minimum absolute atomic E-state index is 0.0487. The first kappa shape index (κ1) is 23.0. The average molecular weight is 440 g/mol. The Morgan fingerprint density at radius 2 is 1.97 bits per heavy atom. The third-order valence-electron chi connectivity index (χ3n) is 4.48. The Morgan fingerprint density at radius 1 is 1.16 bits per heavy atom. The minimum Gasteiger partial charge on any atom is -0.497 e. The Balaban J connectivity index is 1.82. The minimum atomic E-state index is -0.850. The summed E-state index contributed by atoms with van der Waals surface area (Å²) in [6, 6.07) is 11.6. The fourth-order valence-electron chi connectivity index (χ4n) is 2.98. The number of carboxylic acids is 1. The molecule has 1 aromatic heterocycles. The van der Waals surface area contributed by atoms with Crippen LogP contribution in [0.1, 0.15) is 31.5 Å². The lowest BCUT2D eigenvalue weighted by Gasteiger charge is -2.15. The molecular weight excluding hydrogens is 415 g/mol. The molecule has 0 unspecified atom stereocenters. The summed E-state index contributed by atoms with van der Waals surface area (Å²) in [6.45, 7) is 3.81. The molecule has 0 aliphatic carbocycles. The van der Waals surface area contributed by atoms with Crippen LogP contribution in [0.4, 0.5) is 4.39 Å². The third-order valence-corrected chi connectivity index (χ3v) is 4.48. The normalized spacial score (nSPS) is 10.8. The van der Waals surface area contributed by atoms with Gasteiger partial charge in [-0.2, -0.15) is 0 Å². The first-order valence-electron chi connectivity index (χ1n) is 10.2. The molecular formula is C24H25FN2O5. The Kier molecular flexibility index (Phi) is 7.59. The second-order valence-electron chi connectivity index (χ2n) is 7.36. The Labute approximate surface area is 185 Å². The van der Waals surface area contributed by atoms with Crippen LogP contribution in [-0.2, 0) is 17.8 Å². The largest absolute Gasteiger partial charge is 0.497 e. The van der Waals surface area contributed by atoms with Crippen molar-refractivity contribution in [3.8, 4) is 28.6 Å². The van der Waals surface area contributed by atoms with E-state index in [9.17, 15) is 9.18 Å². The van der Waals surface area contributed by atoms with Crippen LogP contribution in [0.5, 0.6) is 17.4 Å². The zero-order chi connectivity index (χ0) is 23.1. The molecule has 168 valence electrons. The molecule has 0 aliphatic heterocycles. The molecule has 0 amide bonds. The van der Waals surface area contributed by atoms with Crippen LogP contribution in [0, 0.1) is 5.82 Å². The van der Waals surface area contributed by atoms with Crippen molar-refractivity contribution in [1.29, 1.82) is 0 Å². The van der Waals surface area contributed by atoms with Crippen molar-refractivity contribution in [2.45, 2.75) is 39.4 Å². The summed E-state index contributed by atoms with van der Waals surface area (Å²) in [4.78, 5) is 19.7. The molecule has 0 spiro atoms. The van der Waals surface area contributed by atoms with Gasteiger partial charge in [0.25, 0.3) is 0 Å². The lowest BCUT2D eigenvalue weighted by Crippen LogP contribution is -2.11. The fourth-order valence-corrected chi connectivity index (χ4v) is 2.98. The van der Waals surface area contributed by atoms with Crippen LogP contribution in [0.15, 0.2) is 48.7 Å². The van der Waals surface area contributed by atoms with E-state index in [0.29, 0.717) is 23.6 Å². The second kappa shape index (κ2) is 10.6. The van der Waals surface area contributed by atoms with E-state index in [1.54, 1.807) is 24.3 Å². The van der Waals surface area contributed by atoms with Gasteiger partial charge in [0.15, 0.2) is 0 Å². The molecule has 8 heteroatoms. The smallest absolute Gasteiger partial charge is 0.303 e. The van der Waals surface area contributed by atoms with E-state index in [2.05, 4.69) is 9.97 Å². The first-order valence-corrected chi connectivity index (χ1v) is 10.2. The molecule has 0 fully saturated rings. The predicted molar refractivity (Wildman–Crippen MR) is 116 cm³/mol. The summed E-state index contributed by atoms with van der Waals surface area (Å²) >= 11 is 0. The number of rotatable bonds is 10. The highest BCUT2D eigenvalue weighted by atomic mass is 19.1. The van der Waals surface area contributed by atoms with Crippen molar-refractivity contribution < 1.29 is 28.5 Å². The number of aryl methyl sites for hydroxylation is 1. The summed E-state index contributed by atoms with van der Waals surface area (Å²) in [5, 5.41) is 8.85. The molecule has 0 saturated carbocycles. The lowest BCUT2D eigenvalue weighted by molar-refractivity contribution is -0.136. The quantitative estimate of drug-likeness (QED) is 0.490. The number of methoxy groups -OCH3 is 1. The average Bonchev–Trinajstić information content (AvgIpc) is 2.77. The molecule has 32 heavy (non-hydrogen) atoms. The molecule has 0 bridgehead atoms. The molecule has 1 heterocycles. The van der Waals surface area contributed by atoms with E-state index < -0.39 is 11.8 Å². The SMILES string of the molecule is COc1ccc(F)c(-c2ncc(COc3cccc(CCC(=O)O)c3)nc2OC(C)C)c1. The highest BCUT2D eigenvalue weighted by Gasteiger charge is 2.17. The molecule has 1 N–H and O–H groups in total. The first-order chi connectivity index (χ1) is 15.4. The Morgan fingerprint density at radius 3 is 2.69 bits per heavy atom. The fraction of sp³-hybridized carbons (Fsp3) is 0.292. The monoisotopic (exact) mass is 440 g/mol. The lowest BCUT2D eigenvalue weighted by atomic mass is 10.1. The van der Waals surface area contributed by atoms with Crippen LogP contribution in [-0.4, -0.2) is 34.3 Å². The topological polar surface area (TPSA) is 90.8 Å². The number of hydrogen-bond acceptors (Lipinski definition) is 6. The highest BCUT2D eigenvalue weighted by molar-refractivity contribution is 5.67. The molecule has 7 nitrogen and oxygen atoms in total. The van der Waals surface area contributed by atoms with Crippen LogP contribution in [0.25, 0.3) is 11.3 Å². The zero-order valence-corrected chi connectivity index (χ0v) is 18.2. The molecule has 2 aromatic carbocycles. The van der Waals surface area contributed by atoms with Gasteiger partial charge in [0.1, 0.15) is 35.3 Å². The van der Waals surface area contributed by atoms with Crippen molar-refractivity contribution >= 4 is 5.97 Å². The number of halogens is 1. The predicted octanol–water partition coefficient (Wildman–Crippen LogP) is 4.67. The van der Waals surface area contributed by atoms with Gasteiger partial charge in [0, 0.05) is 12.0 Å². The van der Waals surface area contributed by atoms with Crippen molar-refractivity contribution in [3.05, 3.63) is 65.7 Å². The standard InChI is InChI=1S/C24H25FN2O5/c1-15(2)32-24-23(20-12-18(30-3)8-9-21(20)25)26-13-17(27-24)14-31-19-6-4-5-16(11-19)7-10-22(28)29/h4-6,8-9,11-13,15H,7,10,14H2,1-3H3,(H,28,29). The van der Waals surface area contributed by atoms with Gasteiger partial charge in [-0.15, -0.1) is 0 Å². The summed E-state index contributed by atoms with van der Waals surface area (Å²) in [5.41, 5.74) is 1.87. The molecule has 0 aliphatic rings. The molecule has 3 aromatic rings. The van der Waals surface area contributed by atoms with Gasteiger partial charge in [-0.25, -0.2) is 14.4 Å². The maximum Gasteiger partial charge on any atom is 0.303 e. The highest BCUT2D eigenvalue weighted by Crippen LogP contribution is 2.32. The number of aromatic nitrogens is 2. The van der Waals surface area contributed by atoms with E-state index in [-0.39, 0.29) is 36.3 Å². The number of aliphatic carboxylic acids is 1. The van der Waals surface area contributed by atoms with E-state index in [4.69, 9.17) is 19.3 Å². The van der Waals surface area contributed by atoms with Crippen LogP contribution < -0.4 is 14.2 Å². The number of nitrogens with zero attached hydrogens (tertiary/aromatic N) is 2. The summed E-state index contributed by atoms with van der Waals surface area (Å²) in [5.74, 6) is -0.0333. The summed E-state index contributed by atoms with van der Waals surface area (Å²) < 4.78 is 31.3. The molecule has 0 atom stereocenters. The molecule has 0 radical (unpaired) electrons. The number of ether oxygens (including phenoxy) is 3. The van der Waals surface area contributed by atoms with Gasteiger partial charge in [-0.3, -0.25) is 4.79 Å². The summed E-state index contributed by atoms with van der Waals surface area (Å²) in [7, 11) is 1.51. The van der Waals surface area contributed by atoms with Crippen LogP contribution in [0.3, 0.4) is 0 Å². The molecule has 0 saturated heterocycles. The number of carbonyl (C=O) groups is 1. The number of hydrogen-bond donors (Lipinski definition) is 1. The number of benzene rings is 2. The molecule has 3 rings (SSSR count). The van der Waals surface area contributed by atoms with E-state index in [1.807, 2.05) is 19.9 Å². The Bertz CT molecular complexity index is 1090. The van der Waals surface area contributed by atoms with Crippen molar-refractivity contribution in [2.75, 3.05) is 7.11 Å². The van der Waals surface area contributed by atoms with Gasteiger partial charge in [-0.05, 0) is 56.2 Å². The van der Waals surface area contributed by atoms with E-state index in [0.717, 1.165) is 5.56 Å². The van der Waals surface area contributed by atoms with E-state index >= 15 is 0 Å². The van der Waals surface area contributed by atoms with Gasteiger partial charge in [-0.1, -0.05) is 12.1 Å². The Hall–Kier alpha value is -3.68. The van der Waals surface area contributed by atoms with Gasteiger partial charge < -0.3 is 19.3 Å². The third kappa shape index (κ3) is 6.16. The van der Waals surface area contributed by atoms with Crippen molar-refractivity contribution in [1.82, 2.24) is 9.97 Å². The van der Waals surface area contributed by atoms with Crippen LogP contribution in [0.2, 0.25) is 0 Å². The maximum atomic E-state index is 14.5. The number of carboxylic acid groups (broad SMARTS) is 1. The summed E-state index contributed by atoms with van der Waals surface area (Å²) in [6.07, 6.45) is 1.78. The van der Waals surface area contributed by atoms with E-state index in [1.165, 1.54) is 25.4 Å². The van der Waals surface area contributed by atoms with Crippen molar-refractivity contribution in [2.24, 2.45) is 0 Å². The van der Waals surface area contributed by atoms with Gasteiger partial charge in [0.05, 0.1) is 19.4 Å². The van der Waals surface area contributed by atoms with Crippen LogP contribution >= 0.6 is 0 Å². The van der Waals surface area contributed by atoms with Gasteiger partial charge >= 0.3 is 5.97 Å². The van der Waals surface area contributed by atoms with Crippen molar-refractivity contribution in [3.63, 3.8) is 0 Å². The van der Waals surface area contributed by atoms with Gasteiger partial charge in [0.2, 0.25) is 5.88 Å². The second-order valence-corrected chi connectivity index (χ2v) is 7.36. The maximum absolute atomic E-state index is 14.5.